The maximum absolute atomic E-state index is 5.76. The lowest BCUT2D eigenvalue weighted by atomic mass is 10.1. The lowest BCUT2D eigenvalue weighted by molar-refractivity contribution is 0.529. The third-order valence-corrected chi connectivity index (χ3v) is 2.97. The average Bonchev–Trinajstić information content (AvgIpc) is 2.75. The Labute approximate surface area is 96.3 Å². The molecule has 2 N–H and O–H groups in total. The highest BCUT2D eigenvalue weighted by Crippen LogP contribution is 2.24. The molecule has 2 rings (SSSR count). The Bertz CT molecular complexity index is 427. The molecule has 4 nitrogen and oxygen atoms in total. The first-order chi connectivity index (χ1) is 7.33. The summed E-state index contributed by atoms with van der Waals surface area (Å²) < 4.78 is 2.80. The summed E-state index contributed by atoms with van der Waals surface area (Å²) in [5.74, 6) is 0. The summed E-state index contributed by atoms with van der Waals surface area (Å²) in [7, 11) is 0. The lowest BCUT2D eigenvalue weighted by Gasteiger charge is -2.16. The predicted octanol–water partition coefficient (Wildman–Crippen LogP) is 1.59. The van der Waals surface area contributed by atoms with Gasteiger partial charge >= 0.3 is 0 Å². The first-order valence-electron chi connectivity index (χ1n) is 4.61. The largest absolute Gasteiger partial charge is 0.328 e. The lowest BCUT2D eigenvalue weighted by Crippen LogP contribution is -2.21. The van der Waals surface area contributed by atoms with E-state index in [1.165, 1.54) is 6.33 Å². The van der Waals surface area contributed by atoms with Gasteiger partial charge in [-0.2, -0.15) is 5.10 Å². The van der Waals surface area contributed by atoms with Crippen LogP contribution in [0.2, 0.25) is 0 Å². The molecule has 0 spiro atoms. The molecule has 0 fully saturated rings. The normalized spacial score (nSPS) is 12.7. The van der Waals surface area contributed by atoms with Gasteiger partial charge in [0.2, 0.25) is 0 Å². The van der Waals surface area contributed by atoms with E-state index in [9.17, 15) is 0 Å². The van der Waals surface area contributed by atoms with Crippen molar-refractivity contribution in [3.8, 4) is 0 Å². The number of hydrogen-bond acceptors (Lipinski definition) is 3. The van der Waals surface area contributed by atoms with Crippen molar-refractivity contribution in [2.45, 2.75) is 6.04 Å². The van der Waals surface area contributed by atoms with Crippen molar-refractivity contribution in [3.05, 3.63) is 47.0 Å². The fourth-order valence-corrected chi connectivity index (χ4v) is 2.05. The molecular formula is C10H11BrN4. The Morgan fingerprint density at radius 2 is 2.20 bits per heavy atom. The van der Waals surface area contributed by atoms with Gasteiger partial charge in [0.15, 0.2) is 0 Å². The average molecular weight is 267 g/mol. The molecule has 78 valence electrons. The zero-order valence-corrected chi connectivity index (χ0v) is 9.63. The first-order valence-corrected chi connectivity index (χ1v) is 5.41. The molecule has 1 heterocycles. The molecule has 5 heteroatoms. The van der Waals surface area contributed by atoms with E-state index in [0.717, 1.165) is 10.0 Å². The molecule has 2 aromatic rings. The van der Waals surface area contributed by atoms with Crippen LogP contribution in [0.4, 0.5) is 0 Å². The standard InChI is InChI=1S/C10H11BrN4/c11-9-4-2-1-3-8(9)10(5-12)15-7-13-6-14-15/h1-4,6-7,10H,5,12H2. The minimum atomic E-state index is 0.0306. The third-order valence-electron chi connectivity index (χ3n) is 2.24. The minimum absolute atomic E-state index is 0.0306. The molecule has 0 radical (unpaired) electrons. The van der Waals surface area contributed by atoms with E-state index in [1.54, 1.807) is 11.0 Å². The number of hydrogen-bond donors (Lipinski definition) is 1. The van der Waals surface area contributed by atoms with E-state index in [2.05, 4.69) is 26.0 Å². The van der Waals surface area contributed by atoms with E-state index in [-0.39, 0.29) is 6.04 Å². The van der Waals surface area contributed by atoms with Crippen LogP contribution in [0, 0.1) is 0 Å². The van der Waals surface area contributed by atoms with Gasteiger partial charge in [0.25, 0.3) is 0 Å². The van der Waals surface area contributed by atoms with E-state index >= 15 is 0 Å². The highest BCUT2D eigenvalue weighted by Gasteiger charge is 2.14. The number of benzene rings is 1. The zero-order chi connectivity index (χ0) is 10.7. The van der Waals surface area contributed by atoms with Crippen molar-refractivity contribution >= 4 is 15.9 Å². The van der Waals surface area contributed by atoms with Crippen molar-refractivity contribution in [2.24, 2.45) is 5.73 Å². The molecule has 0 aliphatic rings. The molecule has 0 amide bonds. The molecule has 1 aromatic carbocycles. The van der Waals surface area contributed by atoms with Gasteiger partial charge in [-0.1, -0.05) is 34.1 Å². The number of aromatic nitrogens is 3. The molecule has 15 heavy (non-hydrogen) atoms. The molecule has 0 bridgehead atoms. The van der Waals surface area contributed by atoms with Crippen LogP contribution in [-0.2, 0) is 0 Å². The molecular weight excluding hydrogens is 256 g/mol. The van der Waals surface area contributed by atoms with Gasteiger partial charge in [0.05, 0.1) is 6.04 Å². The first kappa shape index (κ1) is 10.3. The summed E-state index contributed by atoms with van der Waals surface area (Å²) in [5, 5.41) is 4.11. The van der Waals surface area contributed by atoms with E-state index in [1.807, 2.05) is 24.3 Å². The fourth-order valence-electron chi connectivity index (χ4n) is 1.50. The van der Waals surface area contributed by atoms with Crippen LogP contribution in [0.3, 0.4) is 0 Å². The van der Waals surface area contributed by atoms with Gasteiger partial charge in [-0.25, -0.2) is 9.67 Å². The monoisotopic (exact) mass is 266 g/mol. The Hall–Kier alpha value is -1.20. The Morgan fingerprint density at radius 3 is 2.80 bits per heavy atom. The number of nitrogens with zero attached hydrogens (tertiary/aromatic N) is 3. The van der Waals surface area contributed by atoms with Gasteiger partial charge in [0, 0.05) is 11.0 Å². The summed E-state index contributed by atoms with van der Waals surface area (Å²) in [6.07, 6.45) is 3.19. The molecule has 0 saturated carbocycles. The summed E-state index contributed by atoms with van der Waals surface area (Å²) in [4.78, 5) is 3.93. The predicted molar refractivity (Wildman–Crippen MR) is 61.4 cm³/mol. The summed E-state index contributed by atoms with van der Waals surface area (Å²) in [6.45, 7) is 0.492. The quantitative estimate of drug-likeness (QED) is 0.918. The second-order valence-corrected chi connectivity index (χ2v) is 4.00. The maximum atomic E-state index is 5.76. The van der Waals surface area contributed by atoms with Gasteiger partial charge in [0.1, 0.15) is 12.7 Å². The molecule has 1 unspecified atom stereocenters. The van der Waals surface area contributed by atoms with Gasteiger partial charge in [-0.3, -0.25) is 0 Å². The highest BCUT2D eigenvalue weighted by molar-refractivity contribution is 9.10. The van der Waals surface area contributed by atoms with Crippen molar-refractivity contribution in [3.63, 3.8) is 0 Å². The van der Waals surface area contributed by atoms with Crippen molar-refractivity contribution < 1.29 is 0 Å². The SMILES string of the molecule is NCC(c1ccccc1Br)n1cncn1. The van der Waals surface area contributed by atoms with Crippen LogP contribution in [0.5, 0.6) is 0 Å². The van der Waals surface area contributed by atoms with Gasteiger partial charge < -0.3 is 5.73 Å². The smallest absolute Gasteiger partial charge is 0.137 e. The molecule has 0 saturated heterocycles. The minimum Gasteiger partial charge on any atom is -0.328 e. The summed E-state index contributed by atoms with van der Waals surface area (Å²) >= 11 is 3.51. The maximum Gasteiger partial charge on any atom is 0.137 e. The number of nitrogens with two attached hydrogens (primary N) is 1. The number of halogens is 1. The van der Waals surface area contributed by atoms with Crippen LogP contribution in [0.25, 0.3) is 0 Å². The van der Waals surface area contributed by atoms with Gasteiger partial charge in [-0.05, 0) is 11.6 Å². The van der Waals surface area contributed by atoms with E-state index in [0.29, 0.717) is 6.54 Å². The summed E-state index contributed by atoms with van der Waals surface area (Å²) in [6, 6.07) is 8.02. The van der Waals surface area contributed by atoms with Crippen molar-refractivity contribution in [1.82, 2.24) is 14.8 Å². The summed E-state index contributed by atoms with van der Waals surface area (Å²) in [5.41, 5.74) is 6.87. The van der Waals surface area contributed by atoms with Crippen LogP contribution < -0.4 is 5.73 Å². The third kappa shape index (κ3) is 2.08. The molecule has 1 aromatic heterocycles. The fraction of sp³-hybridized carbons (Fsp3) is 0.200. The Balaban J connectivity index is 2.40. The van der Waals surface area contributed by atoms with Crippen molar-refractivity contribution in [2.75, 3.05) is 6.54 Å². The Kier molecular flexibility index (Phi) is 3.13. The van der Waals surface area contributed by atoms with Crippen LogP contribution in [0.1, 0.15) is 11.6 Å². The van der Waals surface area contributed by atoms with Crippen LogP contribution >= 0.6 is 15.9 Å². The highest BCUT2D eigenvalue weighted by atomic mass is 79.9. The van der Waals surface area contributed by atoms with E-state index < -0.39 is 0 Å². The Morgan fingerprint density at radius 1 is 1.40 bits per heavy atom. The van der Waals surface area contributed by atoms with E-state index in [4.69, 9.17) is 5.73 Å². The van der Waals surface area contributed by atoms with Crippen molar-refractivity contribution in [1.29, 1.82) is 0 Å². The second-order valence-electron chi connectivity index (χ2n) is 3.15. The zero-order valence-electron chi connectivity index (χ0n) is 8.05. The number of rotatable bonds is 3. The molecule has 0 aliphatic carbocycles. The van der Waals surface area contributed by atoms with Gasteiger partial charge in [-0.15, -0.1) is 0 Å². The topological polar surface area (TPSA) is 56.7 Å². The molecule has 0 aliphatic heterocycles. The molecule has 1 atom stereocenters. The van der Waals surface area contributed by atoms with Crippen LogP contribution in [0.15, 0.2) is 41.4 Å². The van der Waals surface area contributed by atoms with Crippen LogP contribution in [-0.4, -0.2) is 21.3 Å². The second kappa shape index (κ2) is 4.55.